The fourth-order valence-electron chi connectivity index (χ4n) is 0.962. The molecule has 2 nitrogen and oxygen atoms in total. The quantitative estimate of drug-likeness (QED) is 0.559. The Morgan fingerprint density at radius 3 is 2.80 bits per heavy atom. The molecule has 0 N–H and O–H groups in total. The fraction of sp³-hybridized carbons (Fsp3) is 0.875. The van der Waals surface area contributed by atoms with Crippen LogP contribution in [0, 0.1) is 5.92 Å². The SMILES string of the molecule is CCOC(=O)CCC1CC1. The number of rotatable bonds is 4. The molecule has 2 heteroatoms. The van der Waals surface area contributed by atoms with E-state index in [1.807, 2.05) is 6.92 Å². The van der Waals surface area contributed by atoms with Gasteiger partial charge in [0.2, 0.25) is 0 Å². The Balaban J connectivity index is 1.94. The van der Waals surface area contributed by atoms with E-state index >= 15 is 0 Å². The summed E-state index contributed by atoms with van der Waals surface area (Å²) in [5, 5.41) is 0. The summed E-state index contributed by atoms with van der Waals surface area (Å²) in [6.07, 6.45) is 4.30. The monoisotopic (exact) mass is 142 g/mol. The first kappa shape index (κ1) is 7.58. The fourth-order valence-corrected chi connectivity index (χ4v) is 0.962. The van der Waals surface area contributed by atoms with Gasteiger partial charge in [0.25, 0.3) is 0 Å². The molecule has 58 valence electrons. The highest BCUT2D eigenvalue weighted by atomic mass is 16.5. The molecule has 0 saturated heterocycles. The first-order chi connectivity index (χ1) is 4.83. The Hall–Kier alpha value is -0.530. The Morgan fingerprint density at radius 1 is 1.60 bits per heavy atom. The topological polar surface area (TPSA) is 26.3 Å². The number of hydrogen-bond donors (Lipinski definition) is 0. The van der Waals surface area contributed by atoms with Crippen LogP contribution < -0.4 is 0 Å². The molecular weight excluding hydrogens is 128 g/mol. The van der Waals surface area contributed by atoms with E-state index in [2.05, 4.69) is 0 Å². The lowest BCUT2D eigenvalue weighted by atomic mass is 10.2. The third-order valence-electron chi connectivity index (χ3n) is 1.76. The molecule has 0 amide bonds. The van der Waals surface area contributed by atoms with Crippen LogP contribution in [-0.4, -0.2) is 12.6 Å². The van der Waals surface area contributed by atoms with Crippen molar-refractivity contribution in [3.63, 3.8) is 0 Å². The van der Waals surface area contributed by atoms with Crippen molar-refractivity contribution in [2.24, 2.45) is 5.92 Å². The lowest BCUT2D eigenvalue weighted by molar-refractivity contribution is -0.143. The van der Waals surface area contributed by atoms with Crippen molar-refractivity contribution in [2.45, 2.75) is 32.6 Å². The lowest BCUT2D eigenvalue weighted by Gasteiger charge is -1.98. The number of ether oxygens (including phenoxy) is 1. The summed E-state index contributed by atoms with van der Waals surface area (Å²) in [6, 6.07) is 0. The minimum absolute atomic E-state index is 0.0330. The van der Waals surface area contributed by atoms with Crippen LogP contribution in [0.3, 0.4) is 0 Å². The van der Waals surface area contributed by atoms with Gasteiger partial charge in [-0.2, -0.15) is 0 Å². The second kappa shape index (κ2) is 3.59. The van der Waals surface area contributed by atoms with Crippen LogP contribution >= 0.6 is 0 Å². The molecule has 1 aliphatic carbocycles. The van der Waals surface area contributed by atoms with Crippen LogP contribution in [0.4, 0.5) is 0 Å². The van der Waals surface area contributed by atoms with Gasteiger partial charge in [-0.25, -0.2) is 0 Å². The molecule has 1 saturated carbocycles. The van der Waals surface area contributed by atoms with Gasteiger partial charge in [0, 0.05) is 6.42 Å². The van der Waals surface area contributed by atoms with Crippen LogP contribution in [0.5, 0.6) is 0 Å². The molecule has 0 radical (unpaired) electrons. The molecule has 1 rings (SSSR count). The van der Waals surface area contributed by atoms with Crippen molar-refractivity contribution >= 4 is 5.97 Å². The summed E-state index contributed by atoms with van der Waals surface area (Å²) in [6.45, 7) is 2.36. The zero-order valence-electron chi connectivity index (χ0n) is 6.43. The average molecular weight is 142 g/mol. The molecule has 1 aliphatic rings. The van der Waals surface area contributed by atoms with E-state index in [1.165, 1.54) is 12.8 Å². The van der Waals surface area contributed by atoms with E-state index in [-0.39, 0.29) is 5.97 Å². The van der Waals surface area contributed by atoms with Crippen LogP contribution in [0.2, 0.25) is 0 Å². The number of carbonyl (C=O) groups is 1. The third-order valence-corrected chi connectivity index (χ3v) is 1.76. The first-order valence-corrected chi connectivity index (χ1v) is 3.98. The van der Waals surface area contributed by atoms with Gasteiger partial charge < -0.3 is 4.74 Å². The Kier molecular flexibility index (Phi) is 2.72. The summed E-state index contributed by atoms with van der Waals surface area (Å²) in [7, 11) is 0. The van der Waals surface area contributed by atoms with Gasteiger partial charge in [0.15, 0.2) is 0 Å². The van der Waals surface area contributed by atoms with Crippen LogP contribution in [0.25, 0.3) is 0 Å². The third kappa shape index (κ3) is 2.85. The van der Waals surface area contributed by atoms with E-state index in [4.69, 9.17) is 4.74 Å². The van der Waals surface area contributed by atoms with Crippen LogP contribution in [-0.2, 0) is 9.53 Å². The smallest absolute Gasteiger partial charge is 0.305 e. The molecule has 0 spiro atoms. The predicted molar refractivity (Wildman–Crippen MR) is 38.6 cm³/mol. The molecule has 0 heterocycles. The van der Waals surface area contributed by atoms with E-state index < -0.39 is 0 Å². The molecular formula is C8H14O2. The largest absolute Gasteiger partial charge is 0.466 e. The van der Waals surface area contributed by atoms with E-state index in [0.29, 0.717) is 13.0 Å². The maximum absolute atomic E-state index is 10.8. The summed E-state index contributed by atoms with van der Waals surface area (Å²) in [5.74, 6) is 0.804. The summed E-state index contributed by atoms with van der Waals surface area (Å²) < 4.78 is 4.78. The number of hydrogen-bond acceptors (Lipinski definition) is 2. The molecule has 0 aromatic rings. The van der Waals surface area contributed by atoms with Crippen molar-refractivity contribution in [3.05, 3.63) is 0 Å². The minimum atomic E-state index is -0.0330. The van der Waals surface area contributed by atoms with Crippen molar-refractivity contribution in [1.29, 1.82) is 0 Å². The van der Waals surface area contributed by atoms with Gasteiger partial charge in [0.1, 0.15) is 0 Å². The van der Waals surface area contributed by atoms with Crippen LogP contribution in [0.1, 0.15) is 32.6 Å². The Morgan fingerprint density at radius 2 is 2.30 bits per heavy atom. The Bertz CT molecular complexity index is 116. The van der Waals surface area contributed by atoms with E-state index in [0.717, 1.165) is 12.3 Å². The molecule has 0 atom stereocenters. The van der Waals surface area contributed by atoms with E-state index in [9.17, 15) is 4.79 Å². The highest BCUT2D eigenvalue weighted by Crippen LogP contribution is 2.33. The van der Waals surface area contributed by atoms with Crippen molar-refractivity contribution in [1.82, 2.24) is 0 Å². The zero-order chi connectivity index (χ0) is 7.40. The van der Waals surface area contributed by atoms with Gasteiger partial charge in [-0.1, -0.05) is 12.8 Å². The Labute approximate surface area is 61.6 Å². The maximum Gasteiger partial charge on any atom is 0.305 e. The highest BCUT2D eigenvalue weighted by Gasteiger charge is 2.21. The normalized spacial score (nSPS) is 16.9. The van der Waals surface area contributed by atoms with Gasteiger partial charge in [-0.05, 0) is 19.3 Å². The zero-order valence-corrected chi connectivity index (χ0v) is 6.43. The molecule has 0 aromatic carbocycles. The van der Waals surface area contributed by atoms with Gasteiger partial charge >= 0.3 is 5.97 Å². The van der Waals surface area contributed by atoms with Crippen molar-refractivity contribution in [3.8, 4) is 0 Å². The van der Waals surface area contributed by atoms with Crippen LogP contribution in [0.15, 0.2) is 0 Å². The van der Waals surface area contributed by atoms with Gasteiger partial charge in [-0.15, -0.1) is 0 Å². The highest BCUT2D eigenvalue weighted by molar-refractivity contribution is 5.69. The average Bonchev–Trinajstić information content (AvgIpc) is 2.67. The minimum Gasteiger partial charge on any atom is -0.466 e. The maximum atomic E-state index is 10.8. The summed E-state index contributed by atoms with van der Waals surface area (Å²) >= 11 is 0. The first-order valence-electron chi connectivity index (χ1n) is 3.98. The molecule has 1 fully saturated rings. The number of esters is 1. The predicted octanol–water partition coefficient (Wildman–Crippen LogP) is 1.74. The second-order valence-electron chi connectivity index (χ2n) is 2.79. The molecule has 10 heavy (non-hydrogen) atoms. The molecule has 0 unspecified atom stereocenters. The van der Waals surface area contributed by atoms with Crippen molar-refractivity contribution in [2.75, 3.05) is 6.61 Å². The second-order valence-corrected chi connectivity index (χ2v) is 2.79. The standard InChI is InChI=1S/C8H14O2/c1-2-10-8(9)6-5-7-3-4-7/h7H,2-6H2,1H3. The molecule has 0 aliphatic heterocycles. The molecule has 0 aromatic heterocycles. The molecule has 0 bridgehead atoms. The lowest BCUT2D eigenvalue weighted by Crippen LogP contribution is -2.03. The van der Waals surface area contributed by atoms with Gasteiger partial charge in [-0.3, -0.25) is 4.79 Å². The van der Waals surface area contributed by atoms with Gasteiger partial charge in [0.05, 0.1) is 6.61 Å². The summed E-state index contributed by atoms with van der Waals surface area (Å²) in [4.78, 5) is 10.8. The van der Waals surface area contributed by atoms with Crippen molar-refractivity contribution < 1.29 is 9.53 Å². The summed E-state index contributed by atoms with van der Waals surface area (Å²) in [5.41, 5.74) is 0. The number of carbonyl (C=O) groups excluding carboxylic acids is 1. The van der Waals surface area contributed by atoms with E-state index in [1.54, 1.807) is 0 Å².